The molecule has 0 spiro atoms. The van der Waals surface area contributed by atoms with Crippen LogP contribution in [0.25, 0.3) is 10.2 Å². The van der Waals surface area contributed by atoms with Gasteiger partial charge in [-0.15, -0.1) is 11.3 Å². The van der Waals surface area contributed by atoms with E-state index >= 15 is 0 Å². The Morgan fingerprint density at radius 3 is 2.84 bits per heavy atom. The van der Waals surface area contributed by atoms with Gasteiger partial charge in [-0.05, 0) is 17.9 Å². The molecule has 2 aromatic heterocycles. The molecule has 0 bridgehead atoms. The summed E-state index contributed by atoms with van der Waals surface area (Å²) in [6, 6.07) is 2.02. The molecular weight excluding hydrogens is 262 g/mol. The topological polar surface area (TPSA) is 56.3 Å². The third-order valence-electron chi connectivity index (χ3n) is 2.56. The highest BCUT2D eigenvalue weighted by Gasteiger charge is 2.07. The molecule has 0 aromatic carbocycles. The van der Waals surface area contributed by atoms with Gasteiger partial charge in [0.05, 0.1) is 18.6 Å². The summed E-state index contributed by atoms with van der Waals surface area (Å²) < 4.78 is 10.9. The van der Waals surface area contributed by atoms with Gasteiger partial charge in [0.2, 0.25) is 0 Å². The number of aromatic nitrogens is 2. The number of hydrogen-bond donors (Lipinski definition) is 1. The number of thiophene rings is 1. The second-order valence-electron chi connectivity index (χ2n) is 4.04. The molecule has 0 fully saturated rings. The summed E-state index contributed by atoms with van der Waals surface area (Å²) in [4.78, 5) is 9.91. The van der Waals surface area contributed by atoms with Crippen molar-refractivity contribution >= 4 is 27.4 Å². The molecule has 0 aliphatic rings. The van der Waals surface area contributed by atoms with E-state index in [4.69, 9.17) is 9.47 Å². The Bertz CT molecular complexity index is 516. The number of nitrogens with zero attached hydrogens (tertiary/aromatic N) is 2. The largest absolute Gasteiger partial charge is 0.379 e. The van der Waals surface area contributed by atoms with Gasteiger partial charge >= 0.3 is 0 Å². The Morgan fingerprint density at radius 2 is 2.05 bits per heavy atom. The third-order valence-corrected chi connectivity index (χ3v) is 3.37. The second kappa shape index (κ2) is 7.37. The zero-order chi connectivity index (χ0) is 13.5. The van der Waals surface area contributed by atoms with E-state index in [0.717, 1.165) is 29.1 Å². The van der Waals surface area contributed by atoms with Gasteiger partial charge in [-0.1, -0.05) is 6.92 Å². The van der Waals surface area contributed by atoms with Crippen molar-refractivity contribution in [3.63, 3.8) is 0 Å². The summed E-state index contributed by atoms with van der Waals surface area (Å²) in [7, 11) is 1.86. The number of nitrogens with one attached hydrogen (secondary N) is 1. The summed E-state index contributed by atoms with van der Waals surface area (Å²) in [6.45, 7) is 4.47. The van der Waals surface area contributed by atoms with E-state index in [-0.39, 0.29) is 0 Å². The van der Waals surface area contributed by atoms with Crippen LogP contribution in [0.2, 0.25) is 0 Å². The average Bonchev–Trinajstić information content (AvgIpc) is 2.90. The molecule has 0 saturated carbocycles. The molecule has 104 valence electrons. The molecule has 19 heavy (non-hydrogen) atoms. The van der Waals surface area contributed by atoms with Crippen molar-refractivity contribution in [2.45, 2.75) is 20.0 Å². The first-order valence-corrected chi connectivity index (χ1v) is 7.30. The van der Waals surface area contributed by atoms with Crippen LogP contribution in [0.3, 0.4) is 0 Å². The molecule has 0 amide bonds. The van der Waals surface area contributed by atoms with Crippen molar-refractivity contribution in [1.82, 2.24) is 9.97 Å². The molecule has 0 aliphatic heterocycles. The van der Waals surface area contributed by atoms with Gasteiger partial charge in [0.1, 0.15) is 17.3 Å². The zero-order valence-electron chi connectivity index (χ0n) is 11.3. The van der Waals surface area contributed by atoms with Crippen LogP contribution in [0, 0.1) is 0 Å². The minimum absolute atomic E-state index is 0.415. The third kappa shape index (κ3) is 3.86. The molecule has 0 unspecified atom stereocenters. The van der Waals surface area contributed by atoms with E-state index in [2.05, 4.69) is 22.2 Å². The number of fused-ring (bicyclic) bond motifs is 1. The maximum Gasteiger partial charge on any atom is 0.158 e. The van der Waals surface area contributed by atoms with Gasteiger partial charge in [0.25, 0.3) is 0 Å². The molecule has 5 nitrogen and oxygen atoms in total. The van der Waals surface area contributed by atoms with E-state index in [0.29, 0.717) is 25.6 Å². The smallest absolute Gasteiger partial charge is 0.158 e. The van der Waals surface area contributed by atoms with Gasteiger partial charge in [-0.25, -0.2) is 9.97 Å². The maximum absolute atomic E-state index is 5.52. The van der Waals surface area contributed by atoms with E-state index < -0.39 is 0 Å². The van der Waals surface area contributed by atoms with Crippen molar-refractivity contribution in [3.05, 3.63) is 17.3 Å². The molecule has 2 rings (SSSR count). The van der Waals surface area contributed by atoms with E-state index in [9.17, 15) is 0 Å². The standard InChI is InChI=1S/C13H19N3O2S/c1-3-5-17-6-7-18-9-11-15-12(14-2)10-4-8-19-13(10)16-11/h4,8H,3,5-7,9H2,1-2H3,(H,14,15,16). The first-order valence-electron chi connectivity index (χ1n) is 6.42. The van der Waals surface area contributed by atoms with E-state index in [1.807, 2.05) is 18.5 Å². The highest BCUT2D eigenvalue weighted by Crippen LogP contribution is 2.24. The molecule has 1 N–H and O–H groups in total. The van der Waals surface area contributed by atoms with Crippen LogP contribution in [-0.2, 0) is 16.1 Å². The summed E-state index contributed by atoms with van der Waals surface area (Å²) in [5, 5.41) is 6.17. The number of ether oxygens (including phenoxy) is 2. The normalized spacial score (nSPS) is 11.1. The van der Waals surface area contributed by atoms with E-state index in [1.165, 1.54) is 0 Å². The molecule has 0 radical (unpaired) electrons. The van der Waals surface area contributed by atoms with E-state index in [1.54, 1.807) is 11.3 Å². The molecular formula is C13H19N3O2S. The van der Waals surface area contributed by atoms with Crippen molar-refractivity contribution in [3.8, 4) is 0 Å². The van der Waals surface area contributed by atoms with Crippen molar-refractivity contribution in [1.29, 1.82) is 0 Å². The van der Waals surface area contributed by atoms with Gasteiger partial charge in [-0.2, -0.15) is 0 Å². The van der Waals surface area contributed by atoms with Crippen LogP contribution in [0.5, 0.6) is 0 Å². The Labute approximate surface area is 117 Å². The molecule has 2 aromatic rings. The minimum Gasteiger partial charge on any atom is -0.379 e. The summed E-state index contributed by atoms with van der Waals surface area (Å²) in [6.07, 6.45) is 1.03. The average molecular weight is 281 g/mol. The first kappa shape index (κ1) is 14.2. The van der Waals surface area contributed by atoms with Crippen LogP contribution >= 0.6 is 11.3 Å². The van der Waals surface area contributed by atoms with Crippen molar-refractivity contribution in [2.24, 2.45) is 0 Å². The minimum atomic E-state index is 0.415. The quantitative estimate of drug-likeness (QED) is 0.754. The molecule has 2 heterocycles. The van der Waals surface area contributed by atoms with Crippen LogP contribution in [0.4, 0.5) is 5.82 Å². The Morgan fingerprint density at radius 1 is 1.21 bits per heavy atom. The SMILES string of the molecule is CCCOCCOCc1nc(NC)c2ccsc2n1. The fourth-order valence-corrected chi connectivity index (χ4v) is 2.47. The predicted molar refractivity (Wildman–Crippen MR) is 77.7 cm³/mol. The number of rotatable bonds is 8. The van der Waals surface area contributed by atoms with Gasteiger partial charge in [0, 0.05) is 13.7 Å². The first-order chi connectivity index (χ1) is 9.35. The zero-order valence-corrected chi connectivity index (χ0v) is 12.1. The summed E-state index contributed by atoms with van der Waals surface area (Å²) >= 11 is 1.61. The van der Waals surface area contributed by atoms with Crippen LogP contribution in [-0.4, -0.2) is 36.8 Å². The Balaban J connectivity index is 1.89. The molecule has 0 atom stereocenters. The lowest BCUT2D eigenvalue weighted by molar-refractivity contribution is 0.0387. The predicted octanol–water partition coefficient (Wildman–Crippen LogP) is 2.68. The van der Waals surface area contributed by atoms with Crippen molar-refractivity contribution < 1.29 is 9.47 Å². The fourth-order valence-electron chi connectivity index (χ4n) is 1.68. The molecule has 0 aliphatic carbocycles. The lowest BCUT2D eigenvalue weighted by atomic mass is 10.4. The maximum atomic E-state index is 5.52. The molecule has 0 saturated heterocycles. The highest BCUT2D eigenvalue weighted by atomic mass is 32.1. The summed E-state index contributed by atoms with van der Waals surface area (Å²) in [5.74, 6) is 1.56. The fraction of sp³-hybridized carbons (Fsp3) is 0.538. The summed E-state index contributed by atoms with van der Waals surface area (Å²) in [5.41, 5.74) is 0. The monoisotopic (exact) mass is 281 g/mol. The van der Waals surface area contributed by atoms with Gasteiger partial charge in [-0.3, -0.25) is 0 Å². The molecule has 6 heteroatoms. The lowest BCUT2D eigenvalue weighted by Crippen LogP contribution is -2.07. The second-order valence-corrected chi connectivity index (χ2v) is 4.94. The van der Waals surface area contributed by atoms with Crippen LogP contribution < -0.4 is 5.32 Å². The van der Waals surface area contributed by atoms with Crippen LogP contribution in [0.1, 0.15) is 19.2 Å². The van der Waals surface area contributed by atoms with Gasteiger partial charge < -0.3 is 14.8 Å². The Hall–Kier alpha value is -1.24. The Kier molecular flexibility index (Phi) is 5.50. The lowest BCUT2D eigenvalue weighted by Gasteiger charge is -2.06. The van der Waals surface area contributed by atoms with Crippen LogP contribution in [0.15, 0.2) is 11.4 Å². The highest BCUT2D eigenvalue weighted by molar-refractivity contribution is 7.16. The number of anilines is 1. The van der Waals surface area contributed by atoms with Crippen molar-refractivity contribution in [2.75, 3.05) is 32.2 Å². The van der Waals surface area contributed by atoms with Gasteiger partial charge in [0.15, 0.2) is 5.82 Å². The number of hydrogen-bond acceptors (Lipinski definition) is 6.